The zero-order valence-electron chi connectivity index (χ0n) is 17.0. The fourth-order valence-electron chi connectivity index (χ4n) is 4.01. The van der Waals surface area contributed by atoms with Crippen molar-refractivity contribution < 1.29 is 9.18 Å². The first-order valence-electron chi connectivity index (χ1n) is 10.3. The number of imidazole rings is 1. The average Bonchev–Trinajstić information content (AvgIpc) is 3.31. The third kappa shape index (κ3) is 4.73. The number of hydrogen-bond acceptors (Lipinski definition) is 2. The highest BCUT2D eigenvalue weighted by molar-refractivity contribution is 6.30. The van der Waals surface area contributed by atoms with Crippen LogP contribution in [0.25, 0.3) is 0 Å². The van der Waals surface area contributed by atoms with Crippen LogP contribution in [0.5, 0.6) is 0 Å². The number of hydrogen-bond donors (Lipinski definition) is 0. The van der Waals surface area contributed by atoms with Crippen LogP contribution in [0.3, 0.4) is 0 Å². The molecular formula is C24H25ClFN3O. The highest BCUT2D eigenvalue weighted by Gasteiger charge is 2.31. The lowest BCUT2D eigenvalue weighted by molar-refractivity contribution is -0.131. The van der Waals surface area contributed by atoms with E-state index in [4.69, 9.17) is 11.6 Å². The highest BCUT2D eigenvalue weighted by Crippen LogP contribution is 2.26. The number of carbonyl (C=O) groups excluding carboxylic acids is 1. The molecule has 0 aliphatic carbocycles. The van der Waals surface area contributed by atoms with Crippen LogP contribution in [-0.4, -0.2) is 26.9 Å². The fourth-order valence-corrected chi connectivity index (χ4v) is 4.20. The molecule has 0 radical (unpaired) electrons. The predicted octanol–water partition coefficient (Wildman–Crippen LogP) is 5.01. The van der Waals surface area contributed by atoms with Crippen LogP contribution in [0.1, 0.15) is 35.2 Å². The second-order valence-corrected chi connectivity index (χ2v) is 8.45. The molecule has 0 spiro atoms. The van der Waals surface area contributed by atoms with Gasteiger partial charge in [0.05, 0.1) is 6.33 Å². The summed E-state index contributed by atoms with van der Waals surface area (Å²) < 4.78 is 16.2. The van der Waals surface area contributed by atoms with Crippen molar-refractivity contribution in [3.8, 4) is 0 Å². The van der Waals surface area contributed by atoms with Gasteiger partial charge in [0, 0.05) is 48.0 Å². The SMILES string of the molecule is Cc1ccc(Cn2cncc2CC[C@@H]2CCN(Cc3cc(Cl)ccc3F)C2=O)cc1. The lowest BCUT2D eigenvalue weighted by Crippen LogP contribution is -2.27. The van der Waals surface area contributed by atoms with Crippen molar-refractivity contribution >= 4 is 17.5 Å². The summed E-state index contributed by atoms with van der Waals surface area (Å²) in [7, 11) is 0. The first-order valence-corrected chi connectivity index (χ1v) is 10.6. The molecule has 1 aromatic heterocycles. The van der Waals surface area contributed by atoms with Crippen LogP contribution >= 0.6 is 11.6 Å². The first kappa shape index (κ1) is 20.6. The third-order valence-electron chi connectivity index (χ3n) is 5.80. The molecule has 0 unspecified atom stereocenters. The smallest absolute Gasteiger partial charge is 0.226 e. The summed E-state index contributed by atoms with van der Waals surface area (Å²) in [5.41, 5.74) is 4.06. The molecular weight excluding hydrogens is 401 g/mol. The lowest BCUT2D eigenvalue weighted by atomic mass is 10.0. The van der Waals surface area contributed by atoms with E-state index in [-0.39, 0.29) is 24.2 Å². The molecule has 156 valence electrons. The molecule has 0 bridgehead atoms. The van der Waals surface area contributed by atoms with Crippen LogP contribution in [0.15, 0.2) is 55.0 Å². The third-order valence-corrected chi connectivity index (χ3v) is 6.03. The Bertz CT molecular complexity index is 1030. The van der Waals surface area contributed by atoms with E-state index >= 15 is 0 Å². The second-order valence-electron chi connectivity index (χ2n) is 8.02. The molecule has 1 aliphatic heterocycles. The molecule has 1 saturated heterocycles. The zero-order chi connectivity index (χ0) is 21.1. The maximum absolute atomic E-state index is 14.0. The number of benzene rings is 2. The van der Waals surface area contributed by atoms with Crippen molar-refractivity contribution in [1.82, 2.24) is 14.5 Å². The Morgan fingerprint density at radius 2 is 1.97 bits per heavy atom. The quantitative estimate of drug-likeness (QED) is 0.533. The summed E-state index contributed by atoms with van der Waals surface area (Å²) in [6, 6.07) is 13.0. The van der Waals surface area contributed by atoms with Gasteiger partial charge in [-0.05, 0) is 49.9 Å². The summed E-state index contributed by atoms with van der Waals surface area (Å²) in [5.74, 6) is -0.260. The molecule has 1 aliphatic rings. The molecule has 4 nitrogen and oxygen atoms in total. The number of aryl methyl sites for hydroxylation is 2. The first-order chi connectivity index (χ1) is 14.5. The van der Waals surface area contributed by atoms with E-state index in [1.54, 1.807) is 11.0 Å². The molecule has 0 N–H and O–H groups in total. The van der Waals surface area contributed by atoms with E-state index < -0.39 is 0 Å². The Morgan fingerprint density at radius 1 is 1.17 bits per heavy atom. The molecule has 4 rings (SSSR count). The maximum Gasteiger partial charge on any atom is 0.226 e. The van der Waals surface area contributed by atoms with Gasteiger partial charge < -0.3 is 9.47 Å². The van der Waals surface area contributed by atoms with Gasteiger partial charge in [0.2, 0.25) is 5.91 Å². The largest absolute Gasteiger partial charge is 0.338 e. The molecule has 6 heteroatoms. The number of halogens is 2. The van der Waals surface area contributed by atoms with Gasteiger partial charge in [-0.2, -0.15) is 0 Å². The summed E-state index contributed by atoms with van der Waals surface area (Å²) in [6.07, 6.45) is 6.09. The van der Waals surface area contributed by atoms with Gasteiger partial charge in [-0.15, -0.1) is 0 Å². The summed E-state index contributed by atoms with van der Waals surface area (Å²) in [5, 5.41) is 0.483. The zero-order valence-corrected chi connectivity index (χ0v) is 17.8. The Balaban J connectivity index is 1.35. The molecule has 30 heavy (non-hydrogen) atoms. The van der Waals surface area contributed by atoms with E-state index in [0.29, 0.717) is 17.1 Å². The summed E-state index contributed by atoms with van der Waals surface area (Å²) in [6.45, 7) is 3.77. The minimum Gasteiger partial charge on any atom is -0.338 e. The van der Waals surface area contributed by atoms with E-state index in [1.807, 2.05) is 12.5 Å². The van der Waals surface area contributed by atoms with Crippen molar-refractivity contribution in [1.29, 1.82) is 0 Å². The van der Waals surface area contributed by atoms with E-state index in [2.05, 4.69) is 40.7 Å². The average molecular weight is 426 g/mol. The minimum absolute atomic E-state index is 0.0324. The topological polar surface area (TPSA) is 38.1 Å². The minimum atomic E-state index is -0.323. The number of amides is 1. The predicted molar refractivity (Wildman–Crippen MR) is 116 cm³/mol. The number of rotatable bonds is 7. The van der Waals surface area contributed by atoms with Crippen LogP contribution in [-0.2, 0) is 24.3 Å². The fraction of sp³-hybridized carbons (Fsp3) is 0.333. The number of likely N-dealkylation sites (tertiary alicyclic amines) is 1. The molecule has 2 aromatic carbocycles. The molecule has 1 atom stereocenters. The van der Waals surface area contributed by atoms with Gasteiger partial charge in [-0.1, -0.05) is 41.4 Å². The van der Waals surface area contributed by atoms with Gasteiger partial charge in [0.1, 0.15) is 5.82 Å². The molecule has 0 saturated carbocycles. The van der Waals surface area contributed by atoms with Crippen molar-refractivity contribution in [2.45, 2.75) is 39.3 Å². The Kier molecular flexibility index (Phi) is 6.18. The van der Waals surface area contributed by atoms with Crippen LogP contribution < -0.4 is 0 Å². The standard InChI is InChI=1S/C24H25ClFN3O/c1-17-2-4-18(5-3-17)14-29-16-27-13-22(29)8-6-19-10-11-28(24(19)30)15-20-12-21(25)7-9-23(20)26/h2-5,7,9,12-13,16,19H,6,8,10-11,14-15H2,1H3/t19-/m1/s1. The van der Waals surface area contributed by atoms with Crippen molar-refractivity contribution in [3.63, 3.8) is 0 Å². The Morgan fingerprint density at radius 3 is 2.77 bits per heavy atom. The van der Waals surface area contributed by atoms with E-state index in [1.165, 1.54) is 23.3 Å². The molecule has 1 amide bonds. The van der Waals surface area contributed by atoms with Gasteiger partial charge >= 0.3 is 0 Å². The Hall–Kier alpha value is -2.66. The van der Waals surface area contributed by atoms with E-state index in [9.17, 15) is 9.18 Å². The van der Waals surface area contributed by atoms with Crippen molar-refractivity contribution in [2.75, 3.05) is 6.54 Å². The monoisotopic (exact) mass is 425 g/mol. The van der Waals surface area contributed by atoms with Gasteiger partial charge in [0.15, 0.2) is 0 Å². The molecule has 2 heterocycles. The number of aromatic nitrogens is 2. The van der Waals surface area contributed by atoms with Crippen molar-refractivity contribution in [2.24, 2.45) is 5.92 Å². The van der Waals surface area contributed by atoms with Gasteiger partial charge in [0.25, 0.3) is 0 Å². The van der Waals surface area contributed by atoms with Crippen molar-refractivity contribution in [3.05, 3.63) is 88.2 Å². The second kappa shape index (κ2) is 9.00. The van der Waals surface area contributed by atoms with Crippen LogP contribution in [0.2, 0.25) is 5.02 Å². The van der Waals surface area contributed by atoms with Crippen LogP contribution in [0.4, 0.5) is 4.39 Å². The number of carbonyl (C=O) groups is 1. The molecule has 1 fully saturated rings. The normalized spacial score (nSPS) is 16.4. The number of nitrogens with zero attached hydrogens (tertiary/aromatic N) is 3. The highest BCUT2D eigenvalue weighted by atomic mass is 35.5. The van der Waals surface area contributed by atoms with Gasteiger partial charge in [-0.3, -0.25) is 4.79 Å². The van der Waals surface area contributed by atoms with Gasteiger partial charge in [-0.25, -0.2) is 9.37 Å². The van der Waals surface area contributed by atoms with E-state index in [0.717, 1.165) is 31.5 Å². The summed E-state index contributed by atoms with van der Waals surface area (Å²) >= 11 is 5.98. The van der Waals surface area contributed by atoms with Crippen LogP contribution in [0, 0.1) is 18.7 Å². The maximum atomic E-state index is 14.0. The molecule has 3 aromatic rings. The Labute approximate surface area is 181 Å². The summed E-state index contributed by atoms with van der Waals surface area (Å²) in [4.78, 5) is 18.9. The lowest BCUT2D eigenvalue weighted by Gasteiger charge is -2.17.